The molecule has 1 aromatic heterocycles. The Hall–Kier alpha value is -2.18. The lowest BCUT2D eigenvalue weighted by molar-refractivity contribution is -0.144. The van der Waals surface area contributed by atoms with Crippen molar-refractivity contribution < 1.29 is 9.59 Å². The van der Waals surface area contributed by atoms with E-state index in [2.05, 4.69) is 9.97 Å². The predicted molar refractivity (Wildman–Crippen MR) is 90.0 cm³/mol. The van der Waals surface area contributed by atoms with Gasteiger partial charge in [-0.1, -0.05) is 6.92 Å². The third kappa shape index (κ3) is 3.34. The number of aromatic nitrogens is 2. The van der Waals surface area contributed by atoms with Gasteiger partial charge in [0, 0.05) is 43.9 Å². The maximum Gasteiger partial charge on any atom is 0.245 e. The van der Waals surface area contributed by atoms with E-state index < -0.39 is 0 Å². The molecule has 0 radical (unpaired) electrons. The van der Waals surface area contributed by atoms with Crippen LogP contribution in [0.25, 0.3) is 0 Å². The Kier molecular flexibility index (Phi) is 4.97. The Morgan fingerprint density at radius 2 is 2.00 bits per heavy atom. The molecule has 2 aliphatic rings. The molecule has 2 N–H and O–H groups in total. The lowest BCUT2D eigenvalue weighted by Gasteiger charge is -2.35. The maximum atomic E-state index is 12.8. The van der Waals surface area contributed by atoms with Crippen LogP contribution >= 0.6 is 0 Å². The van der Waals surface area contributed by atoms with Crippen LogP contribution in [0.3, 0.4) is 0 Å². The van der Waals surface area contributed by atoms with Gasteiger partial charge in [0.1, 0.15) is 6.04 Å². The van der Waals surface area contributed by atoms with Crippen LogP contribution in [0, 0.1) is 0 Å². The highest BCUT2D eigenvalue weighted by atomic mass is 16.2. The number of rotatable bonds is 3. The quantitative estimate of drug-likeness (QED) is 0.897. The number of amides is 2. The van der Waals surface area contributed by atoms with Crippen molar-refractivity contribution >= 4 is 17.8 Å². The monoisotopic (exact) mass is 331 g/mol. The van der Waals surface area contributed by atoms with Gasteiger partial charge >= 0.3 is 0 Å². The van der Waals surface area contributed by atoms with Crippen LogP contribution in [0.5, 0.6) is 0 Å². The van der Waals surface area contributed by atoms with Gasteiger partial charge < -0.3 is 15.5 Å². The molecule has 7 heteroatoms. The molecule has 1 atom stereocenters. The standard InChI is InChI=1S/C17H25N5O2/c1-2-15(23)22-9-3-4-14(22)16(24)21-10-6-12(7-11-21)13-5-8-19-17(18)20-13/h5,8,12,14H,2-4,6-7,9-11H2,1H3,(H2,18,19,20)/t14-/m0/s1. The van der Waals surface area contributed by atoms with Gasteiger partial charge in [0.2, 0.25) is 17.8 Å². The average molecular weight is 331 g/mol. The summed E-state index contributed by atoms with van der Waals surface area (Å²) in [6, 6.07) is 1.64. The molecule has 2 amide bonds. The average Bonchev–Trinajstić information content (AvgIpc) is 3.10. The van der Waals surface area contributed by atoms with Crippen molar-refractivity contribution in [2.24, 2.45) is 0 Å². The normalized spacial score (nSPS) is 22.0. The number of nitrogens with zero attached hydrogens (tertiary/aromatic N) is 4. The van der Waals surface area contributed by atoms with Crippen molar-refractivity contribution in [3.63, 3.8) is 0 Å². The third-order valence-corrected chi connectivity index (χ3v) is 5.08. The largest absolute Gasteiger partial charge is 0.368 e. The second-order valence-electron chi connectivity index (χ2n) is 6.54. The van der Waals surface area contributed by atoms with E-state index in [4.69, 9.17) is 5.73 Å². The van der Waals surface area contributed by atoms with E-state index in [1.165, 1.54) is 0 Å². The molecule has 130 valence electrons. The zero-order valence-corrected chi connectivity index (χ0v) is 14.1. The van der Waals surface area contributed by atoms with Gasteiger partial charge in [-0.15, -0.1) is 0 Å². The van der Waals surface area contributed by atoms with E-state index in [-0.39, 0.29) is 17.9 Å². The summed E-state index contributed by atoms with van der Waals surface area (Å²) in [7, 11) is 0. The molecule has 2 saturated heterocycles. The number of hydrogen-bond donors (Lipinski definition) is 1. The van der Waals surface area contributed by atoms with Crippen LogP contribution in [0.4, 0.5) is 5.95 Å². The molecule has 0 aromatic carbocycles. The van der Waals surface area contributed by atoms with Gasteiger partial charge in [-0.2, -0.15) is 0 Å². The Morgan fingerprint density at radius 3 is 2.67 bits per heavy atom. The number of hydrogen-bond acceptors (Lipinski definition) is 5. The molecule has 2 fully saturated rings. The summed E-state index contributed by atoms with van der Waals surface area (Å²) >= 11 is 0. The molecule has 3 heterocycles. The molecule has 3 rings (SSSR count). The molecule has 0 spiro atoms. The van der Waals surface area contributed by atoms with Crippen molar-refractivity contribution in [3.8, 4) is 0 Å². The van der Waals surface area contributed by atoms with Gasteiger partial charge in [-0.3, -0.25) is 9.59 Å². The Balaban J connectivity index is 1.60. The molecule has 0 bridgehead atoms. The molecular weight excluding hydrogens is 306 g/mol. The van der Waals surface area contributed by atoms with Crippen molar-refractivity contribution in [2.45, 2.75) is 51.0 Å². The summed E-state index contributed by atoms with van der Waals surface area (Å²) in [5.74, 6) is 0.800. The minimum Gasteiger partial charge on any atom is -0.368 e. The van der Waals surface area contributed by atoms with Crippen molar-refractivity contribution in [2.75, 3.05) is 25.4 Å². The van der Waals surface area contributed by atoms with Crippen LogP contribution in [0.2, 0.25) is 0 Å². The summed E-state index contributed by atoms with van der Waals surface area (Å²) in [5.41, 5.74) is 6.61. The number of nitrogen functional groups attached to an aromatic ring is 1. The van der Waals surface area contributed by atoms with Gasteiger partial charge in [0.25, 0.3) is 0 Å². The van der Waals surface area contributed by atoms with Crippen molar-refractivity contribution in [3.05, 3.63) is 18.0 Å². The first-order valence-electron chi connectivity index (χ1n) is 8.76. The fourth-order valence-corrected chi connectivity index (χ4v) is 3.75. The smallest absolute Gasteiger partial charge is 0.245 e. The first kappa shape index (κ1) is 16.7. The SMILES string of the molecule is CCC(=O)N1CCC[C@H]1C(=O)N1CCC(c2ccnc(N)n2)CC1. The fraction of sp³-hybridized carbons (Fsp3) is 0.647. The lowest BCUT2D eigenvalue weighted by Crippen LogP contribution is -2.49. The van der Waals surface area contributed by atoms with E-state index in [0.717, 1.165) is 31.4 Å². The van der Waals surface area contributed by atoms with E-state index in [0.29, 0.717) is 37.9 Å². The Bertz CT molecular complexity index is 613. The molecule has 0 aliphatic carbocycles. The van der Waals surface area contributed by atoms with Crippen LogP contribution < -0.4 is 5.73 Å². The van der Waals surface area contributed by atoms with E-state index >= 15 is 0 Å². The summed E-state index contributed by atoms with van der Waals surface area (Å²) in [6.07, 6.45) is 5.59. The summed E-state index contributed by atoms with van der Waals surface area (Å²) < 4.78 is 0. The highest BCUT2D eigenvalue weighted by Gasteiger charge is 2.37. The zero-order chi connectivity index (χ0) is 17.1. The van der Waals surface area contributed by atoms with E-state index in [1.807, 2.05) is 17.9 Å². The van der Waals surface area contributed by atoms with E-state index in [1.54, 1.807) is 11.1 Å². The second-order valence-corrected chi connectivity index (χ2v) is 6.54. The van der Waals surface area contributed by atoms with E-state index in [9.17, 15) is 9.59 Å². The Labute approximate surface area is 142 Å². The van der Waals surface area contributed by atoms with Gasteiger partial charge in [-0.25, -0.2) is 9.97 Å². The topological polar surface area (TPSA) is 92.4 Å². The summed E-state index contributed by atoms with van der Waals surface area (Å²) in [5, 5.41) is 0. The summed E-state index contributed by atoms with van der Waals surface area (Å²) in [4.78, 5) is 36.7. The number of carbonyl (C=O) groups excluding carboxylic acids is 2. The number of piperidine rings is 1. The van der Waals surface area contributed by atoms with Crippen molar-refractivity contribution in [1.29, 1.82) is 0 Å². The van der Waals surface area contributed by atoms with Gasteiger partial charge in [0.05, 0.1) is 0 Å². The molecule has 0 unspecified atom stereocenters. The van der Waals surface area contributed by atoms with Crippen LogP contribution in [-0.2, 0) is 9.59 Å². The molecule has 2 aliphatic heterocycles. The second kappa shape index (κ2) is 7.15. The minimum atomic E-state index is -0.260. The molecule has 0 saturated carbocycles. The highest BCUT2D eigenvalue weighted by Crippen LogP contribution is 2.28. The molecule has 24 heavy (non-hydrogen) atoms. The van der Waals surface area contributed by atoms with Crippen LogP contribution in [-0.4, -0.2) is 57.3 Å². The van der Waals surface area contributed by atoms with Crippen LogP contribution in [0.1, 0.15) is 50.6 Å². The molecular formula is C17H25N5O2. The third-order valence-electron chi connectivity index (χ3n) is 5.08. The first-order valence-corrected chi connectivity index (χ1v) is 8.76. The van der Waals surface area contributed by atoms with Gasteiger partial charge in [-0.05, 0) is 31.7 Å². The lowest BCUT2D eigenvalue weighted by atomic mass is 9.93. The number of carbonyl (C=O) groups is 2. The highest BCUT2D eigenvalue weighted by molar-refractivity contribution is 5.88. The number of anilines is 1. The first-order chi connectivity index (χ1) is 11.6. The van der Waals surface area contributed by atoms with Gasteiger partial charge in [0.15, 0.2) is 0 Å². The summed E-state index contributed by atoms with van der Waals surface area (Å²) in [6.45, 7) is 3.97. The fourth-order valence-electron chi connectivity index (χ4n) is 3.75. The Morgan fingerprint density at radius 1 is 1.25 bits per heavy atom. The minimum absolute atomic E-state index is 0.0807. The van der Waals surface area contributed by atoms with Crippen LogP contribution in [0.15, 0.2) is 12.3 Å². The molecule has 1 aromatic rings. The predicted octanol–water partition coefficient (Wildman–Crippen LogP) is 1.17. The maximum absolute atomic E-state index is 12.8. The number of nitrogens with two attached hydrogens (primary N) is 1. The molecule has 7 nitrogen and oxygen atoms in total. The van der Waals surface area contributed by atoms with Crippen molar-refractivity contribution in [1.82, 2.24) is 19.8 Å². The zero-order valence-electron chi connectivity index (χ0n) is 14.1. The number of likely N-dealkylation sites (tertiary alicyclic amines) is 2.